The lowest BCUT2D eigenvalue weighted by Gasteiger charge is -2.09. The quantitative estimate of drug-likeness (QED) is 0.461. The molecule has 3 rings (SSSR count). The third-order valence-corrected chi connectivity index (χ3v) is 4.47. The second kappa shape index (κ2) is 11.0. The highest BCUT2D eigenvalue weighted by atomic mass is 79.9. The first-order valence-corrected chi connectivity index (χ1v) is 9.80. The minimum Gasteiger partial charge on any atom is -0.494 e. The topological polar surface area (TPSA) is 114 Å². The fourth-order valence-corrected chi connectivity index (χ4v) is 3.01. The number of aromatic nitrogens is 2. The van der Waals surface area contributed by atoms with E-state index >= 15 is 0 Å². The van der Waals surface area contributed by atoms with Crippen LogP contribution in [0.15, 0.2) is 59.2 Å². The maximum Gasteiger partial charge on any atom is 0.414 e. The van der Waals surface area contributed by atoms with Crippen LogP contribution in [0.25, 0.3) is 11.3 Å². The number of rotatable bonds is 6. The lowest BCUT2D eigenvalue weighted by atomic mass is 10.1. The van der Waals surface area contributed by atoms with Crippen molar-refractivity contribution in [2.24, 2.45) is 7.05 Å². The molecule has 0 aliphatic carbocycles. The second-order valence-electron chi connectivity index (χ2n) is 6.08. The number of nitrogens with zero attached hydrogens (tertiary/aromatic N) is 2. The van der Waals surface area contributed by atoms with Gasteiger partial charge in [0.05, 0.1) is 18.5 Å². The van der Waals surface area contributed by atoms with Gasteiger partial charge in [-0.1, -0.05) is 28.1 Å². The molecule has 3 aromatic rings. The monoisotopic (exact) mass is 475 g/mol. The maximum atomic E-state index is 9.10. The Balaban J connectivity index is 0.000000469. The largest absolute Gasteiger partial charge is 0.494 e. The van der Waals surface area contributed by atoms with Gasteiger partial charge >= 0.3 is 11.9 Å². The van der Waals surface area contributed by atoms with E-state index in [1.54, 1.807) is 0 Å². The van der Waals surface area contributed by atoms with Crippen LogP contribution in [0.1, 0.15) is 12.5 Å². The number of hydrogen-bond donors (Lipinski definition) is 3. The lowest BCUT2D eigenvalue weighted by molar-refractivity contribution is -0.159. The molecule has 0 saturated heterocycles. The van der Waals surface area contributed by atoms with E-state index in [4.69, 9.17) is 24.5 Å². The van der Waals surface area contributed by atoms with Crippen molar-refractivity contribution in [3.05, 3.63) is 64.8 Å². The minimum atomic E-state index is -1.82. The number of imidazole rings is 1. The van der Waals surface area contributed by atoms with Crippen LogP contribution in [0.2, 0.25) is 0 Å². The van der Waals surface area contributed by atoms with Gasteiger partial charge in [-0.15, -0.1) is 0 Å². The summed E-state index contributed by atoms with van der Waals surface area (Å²) in [6, 6.07) is 16.3. The Kier molecular flexibility index (Phi) is 8.42. The van der Waals surface area contributed by atoms with Gasteiger partial charge in [-0.25, -0.2) is 14.6 Å². The van der Waals surface area contributed by atoms with Crippen molar-refractivity contribution in [3.8, 4) is 17.0 Å². The molecule has 1 heterocycles. The van der Waals surface area contributed by atoms with Crippen molar-refractivity contribution < 1.29 is 24.5 Å². The lowest BCUT2D eigenvalue weighted by Crippen LogP contribution is -2.09. The normalized spacial score (nSPS) is 9.97. The van der Waals surface area contributed by atoms with Crippen molar-refractivity contribution in [2.45, 2.75) is 13.5 Å². The van der Waals surface area contributed by atoms with E-state index in [2.05, 4.69) is 55.1 Å². The van der Waals surface area contributed by atoms with Gasteiger partial charge in [0.25, 0.3) is 0 Å². The summed E-state index contributed by atoms with van der Waals surface area (Å²) < 4.78 is 8.63. The predicted molar refractivity (Wildman–Crippen MR) is 117 cm³/mol. The second-order valence-corrected chi connectivity index (χ2v) is 6.99. The van der Waals surface area contributed by atoms with Gasteiger partial charge < -0.3 is 24.8 Å². The summed E-state index contributed by atoms with van der Waals surface area (Å²) in [7, 11) is 2.02. The first-order valence-electron chi connectivity index (χ1n) is 9.01. The van der Waals surface area contributed by atoms with E-state index in [9.17, 15) is 0 Å². The molecule has 0 radical (unpaired) electrons. The molecule has 0 unspecified atom stereocenters. The molecule has 158 valence electrons. The molecular weight excluding hydrogens is 454 g/mol. The maximum absolute atomic E-state index is 9.10. The third kappa shape index (κ3) is 6.63. The van der Waals surface area contributed by atoms with Crippen LogP contribution in [0.5, 0.6) is 5.75 Å². The molecule has 30 heavy (non-hydrogen) atoms. The number of carboxylic acids is 2. The smallest absolute Gasteiger partial charge is 0.414 e. The van der Waals surface area contributed by atoms with E-state index in [0.717, 1.165) is 34.0 Å². The number of hydrogen-bond acceptors (Lipinski definition) is 5. The average molecular weight is 476 g/mol. The molecule has 2 aromatic carbocycles. The summed E-state index contributed by atoms with van der Waals surface area (Å²) in [5.74, 6) is -1.92. The molecule has 3 N–H and O–H groups in total. The summed E-state index contributed by atoms with van der Waals surface area (Å²) >= 11 is 3.50. The van der Waals surface area contributed by atoms with E-state index in [-0.39, 0.29) is 0 Å². The Labute approximate surface area is 182 Å². The highest BCUT2D eigenvalue weighted by Crippen LogP contribution is 2.24. The highest BCUT2D eigenvalue weighted by Gasteiger charge is 2.09. The predicted octanol–water partition coefficient (Wildman–Crippen LogP) is 4.02. The van der Waals surface area contributed by atoms with E-state index in [1.807, 2.05) is 44.4 Å². The van der Waals surface area contributed by atoms with Gasteiger partial charge in [-0.3, -0.25) is 0 Å². The third-order valence-electron chi connectivity index (χ3n) is 3.97. The molecule has 0 aliphatic heterocycles. The van der Waals surface area contributed by atoms with Gasteiger partial charge in [0.1, 0.15) is 5.75 Å². The SMILES string of the molecule is CCOc1ccc(-c2cnc(NCc3cccc(Br)c3)n2C)cc1.O=C(O)C(=O)O. The number of nitrogens with one attached hydrogen (secondary N) is 1. The molecule has 0 fully saturated rings. The minimum absolute atomic E-state index is 0.675. The van der Waals surface area contributed by atoms with Crippen LogP contribution >= 0.6 is 15.9 Å². The fraction of sp³-hybridized carbons (Fsp3) is 0.190. The number of aliphatic carboxylic acids is 2. The van der Waals surface area contributed by atoms with Crippen LogP contribution in [0.4, 0.5) is 5.95 Å². The molecule has 0 aliphatic rings. The Bertz CT molecular complexity index is 990. The van der Waals surface area contributed by atoms with Gasteiger partial charge in [-0.05, 0) is 48.9 Å². The number of ether oxygens (including phenoxy) is 1. The van der Waals surface area contributed by atoms with E-state index < -0.39 is 11.9 Å². The Morgan fingerprint density at radius 2 is 1.80 bits per heavy atom. The number of carboxylic acid groups (broad SMARTS) is 2. The van der Waals surface area contributed by atoms with Crippen molar-refractivity contribution in [2.75, 3.05) is 11.9 Å². The Morgan fingerprint density at radius 1 is 1.13 bits per heavy atom. The molecule has 0 spiro atoms. The van der Waals surface area contributed by atoms with Crippen LogP contribution in [0, 0.1) is 0 Å². The summed E-state index contributed by atoms with van der Waals surface area (Å²) in [6.45, 7) is 3.39. The van der Waals surface area contributed by atoms with Crippen LogP contribution in [-0.2, 0) is 23.2 Å². The number of anilines is 1. The summed E-state index contributed by atoms with van der Waals surface area (Å²) in [6.07, 6.45) is 1.89. The number of carbonyl (C=O) groups is 2. The fourth-order valence-electron chi connectivity index (χ4n) is 2.56. The highest BCUT2D eigenvalue weighted by molar-refractivity contribution is 9.10. The molecule has 1 aromatic heterocycles. The number of halogens is 1. The molecule has 8 nitrogen and oxygen atoms in total. The molecular formula is C21H22BrN3O5. The van der Waals surface area contributed by atoms with Gasteiger partial charge in [0, 0.05) is 23.6 Å². The molecule has 0 saturated carbocycles. The number of benzene rings is 2. The first kappa shape index (κ1) is 23.0. The van der Waals surface area contributed by atoms with Crippen molar-refractivity contribution in [1.29, 1.82) is 0 Å². The zero-order valence-corrected chi connectivity index (χ0v) is 18.1. The Morgan fingerprint density at radius 3 is 2.37 bits per heavy atom. The molecule has 9 heteroatoms. The first-order chi connectivity index (χ1) is 14.3. The standard InChI is InChI=1S/C19H20BrN3O.C2H2O4/c1-3-24-17-9-7-15(8-10-17)18-13-22-19(23(18)2)21-12-14-5-4-6-16(20)11-14;3-1(4)2(5)6/h4-11,13H,3,12H2,1-2H3,(H,21,22);(H,3,4)(H,5,6). The van der Waals surface area contributed by atoms with E-state index in [0.29, 0.717) is 6.61 Å². The summed E-state index contributed by atoms with van der Waals surface area (Å²) in [4.78, 5) is 22.7. The van der Waals surface area contributed by atoms with Crippen molar-refractivity contribution >= 4 is 33.8 Å². The van der Waals surface area contributed by atoms with Crippen LogP contribution in [0.3, 0.4) is 0 Å². The molecule has 0 amide bonds. The summed E-state index contributed by atoms with van der Waals surface area (Å²) in [5, 5.41) is 18.2. The summed E-state index contributed by atoms with van der Waals surface area (Å²) in [5.41, 5.74) is 3.38. The van der Waals surface area contributed by atoms with Gasteiger partial charge in [0.15, 0.2) is 0 Å². The zero-order valence-electron chi connectivity index (χ0n) is 16.5. The Hall–Kier alpha value is -3.33. The molecule has 0 bridgehead atoms. The van der Waals surface area contributed by atoms with Crippen LogP contribution < -0.4 is 10.1 Å². The van der Waals surface area contributed by atoms with Crippen LogP contribution in [-0.4, -0.2) is 38.3 Å². The van der Waals surface area contributed by atoms with Gasteiger partial charge in [-0.2, -0.15) is 0 Å². The van der Waals surface area contributed by atoms with Crippen molar-refractivity contribution in [1.82, 2.24) is 9.55 Å². The molecule has 0 atom stereocenters. The van der Waals surface area contributed by atoms with Gasteiger partial charge in [0.2, 0.25) is 5.95 Å². The average Bonchev–Trinajstić information content (AvgIpc) is 3.08. The van der Waals surface area contributed by atoms with E-state index in [1.165, 1.54) is 5.56 Å². The zero-order chi connectivity index (χ0) is 22.1. The van der Waals surface area contributed by atoms with Crippen molar-refractivity contribution in [3.63, 3.8) is 0 Å².